The second-order valence-corrected chi connectivity index (χ2v) is 4.35. The number of rotatable bonds is 1. The number of carbonyl (C=O) groups is 2. The molecule has 17 heavy (non-hydrogen) atoms. The number of piperidine rings is 1. The van der Waals surface area contributed by atoms with Gasteiger partial charge in [0.05, 0.1) is 5.56 Å². The van der Waals surface area contributed by atoms with Gasteiger partial charge in [0, 0.05) is 25.4 Å². The van der Waals surface area contributed by atoms with Crippen LogP contribution in [0.2, 0.25) is 0 Å². The van der Waals surface area contributed by atoms with Crippen molar-refractivity contribution in [2.24, 2.45) is 5.92 Å². The van der Waals surface area contributed by atoms with Crippen LogP contribution in [-0.2, 0) is 4.79 Å². The molecule has 0 N–H and O–H groups in total. The largest absolute Gasteiger partial charge is 0.337 e. The Bertz CT molecular complexity index is 458. The molecule has 1 saturated heterocycles. The van der Waals surface area contributed by atoms with Gasteiger partial charge in [-0.15, -0.1) is 0 Å². The lowest BCUT2D eigenvalue weighted by atomic mass is 9.98. The Labute approximate surface area is 99.2 Å². The summed E-state index contributed by atoms with van der Waals surface area (Å²) in [5.74, 6) is -0.827. The van der Waals surface area contributed by atoms with E-state index in [0.29, 0.717) is 19.5 Å². The zero-order chi connectivity index (χ0) is 12.4. The number of nitrogens with zero attached hydrogens (tertiary/aromatic N) is 1. The summed E-state index contributed by atoms with van der Waals surface area (Å²) in [6, 6.07) is 5.92. The smallest absolute Gasteiger partial charge is 0.256 e. The van der Waals surface area contributed by atoms with Gasteiger partial charge in [0.25, 0.3) is 5.91 Å². The van der Waals surface area contributed by atoms with Crippen LogP contribution in [0.15, 0.2) is 24.3 Å². The number of benzene rings is 1. The first-order valence-electron chi connectivity index (χ1n) is 5.66. The van der Waals surface area contributed by atoms with Crippen molar-refractivity contribution in [1.82, 2.24) is 4.90 Å². The summed E-state index contributed by atoms with van der Waals surface area (Å²) >= 11 is 0. The lowest BCUT2D eigenvalue weighted by Gasteiger charge is -2.30. The van der Waals surface area contributed by atoms with E-state index in [1.165, 1.54) is 12.1 Å². The second-order valence-electron chi connectivity index (χ2n) is 4.35. The molecule has 1 aliphatic rings. The quantitative estimate of drug-likeness (QED) is 0.745. The van der Waals surface area contributed by atoms with Crippen LogP contribution in [0.4, 0.5) is 4.39 Å². The highest BCUT2D eigenvalue weighted by molar-refractivity contribution is 5.95. The average molecular weight is 235 g/mol. The maximum absolute atomic E-state index is 13.5. The number of hydrogen-bond donors (Lipinski definition) is 0. The fourth-order valence-corrected chi connectivity index (χ4v) is 2.00. The Morgan fingerprint density at radius 3 is 2.76 bits per heavy atom. The summed E-state index contributed by atoms with van der Waals surface area (Å²) in [7, 11) is 0. The number of Topliss-reactive ketones (excluding diaryl/α,β-unsaturated/α-hetero) is 1. The monoisotopic (exact) mass is 235 g/mol. The van der Waals surface area contributed by atoms with E-state index in [4.69, 9.17) is 0 Å². The van der Waals surface area contributed by atoms with Crippen LogP contribution in [-0.4, -0.2) is 29.7 Å². The lowest BCUT2D eigenvalue weighted by molar-refractivity contribution is -0.124. The Morgan fingerprint density at radius 1 is 1.41 bits per heavy atom. The first-order chi connectivity index (χ1) is 8.09. The standard InChI is InChI=1S/C13H14FNO2/c1-9-8-15(7-6-12(9)16)13(17)10-4-2-3-5-11(10)14/h2-5,9H,6-8H2,1H3. The molecule has 0 saturated carbocycles. The number of carbonyl (C=O) groups excluding carboxylic acids is 2. The van der Waals surface area contributed by atoms with Gasteiger partial charge >= 0.3 is 0 Å². The first-order valence-corrected chi connectivity index (χ1v) is 5.66. The molecule has 1 atom stereocenters. The van der Waals surface area contributed by atoms with Gasteiger partial charge in [-0.25, -0.2) is 4.39 Å². The predicted molar refractivity (Wildman–Crippen MR) is 61.1 cm³/mol. The third-order valence-corrected chi connectivity index (χ3v) is 3.06. The van der Waals surface area contributed by atoms with E-state index >= 15 is 0 Å². The normalized spacial score (nSPS) is 20.5. The van der Waals surface area contributed by atoms with Gasteiger partial charge in [-0.3, -0.25) is 9.59 Å². The molecule has 1 aromatic rings. The Morgan fingerprint density at radius 2 is 2.12 bits per heavy atom. The highest BCUT2D eigenvalue weighted by Crippen LogP contribution is 2.16. The highest BCUT2D eigenvalue weighted by Gasteiger charge is 2.28. The molecule has 1 aromatic carbocycles. The molecule has 1 heterocycles. The van der Waals surface area contributed by atoms with Gasteiger partial charge < -0.3 is 4.90 Å². The molecule has 1 aliphatic heterocycles. The molecule has 0 bridgehead atoms. The van der Waals surface area contributed by atoms with E-state index in [0.717, 1.165) is 0 Å². The molecule has 0 aromatic heterocycles. The van der Waals surface area contributed by atoms with Crippen LogP contribution in [0.3, 0.4) is 0 Å². The highest BCUT2D eigenvalue weighted by atomic mass is 19.1. The molecule has 1 fully saturated rings. The first kappa shape index (κ1) is 11.8. The molecule has 1 amide bonds. The minimum atomic E-state index is -0.512. The van der Waals surface area contributed by atoms with E-state index in [-0.39, 0.29) is 23.2 Å². The van der Waals surface area contributed by atoms with E-state index in [1.54, 1.807) is 24.0 Å². The van der Waals surface area contributed by atoms with Crippen molar-refractivity contribution in [1.29, 1.82) is 0 Å². The number of ketones is 1. The van der Waals surface area contributed by atoms with E-state index in [2.05, 4.69) is 0 Å². The fraction of sp³-hybridized carbons (Fsp3) is 0.385. The summed E-state index contributed by atoms with van der Waals surface area (Å²) in [5, 5.41) is 0. The Balaban J connectivity index is 2.16. The van der Waals surface area contributed by atoms with Crippen molar-refractivity contribution in [3.05, 3.63) is 35.6 Å². The number of likely N-dealkylation sites (tertiary alicyclic amines) is 1. The van der Waals surface area contributed by atoms with E-state index < -0.39 is 5.82 Å². The Hall–Kier alpha value is -1.71. The maximum atomic E-state index is 13.5. The van der Waals surface area contributed by atoms with Crippen molar-refractivity contribution in [3.63, 3.8) is 0 Å². The Kier molecular flexibility index (Phi) is 3.22. The third kappa shape index (κ3) is 2.35. The third-order valence-electron chi connectivity index (χ3n) is 3.06. The summed E-state index contributed by atoms with van der Waals surface area (Å²) in [6.07, 6.45) is 0.362. The lowest BCUT2D eigenvalue weighted by Crippen LogP contribution is -2.43. The van der Waals surface area contributed by atoms with Crippen LogP contribution in [0, 0.1) is 11.7 Å². The molecule has 0 aliphatic carbocycles. The van der Waals surface area contributed by atoms with Gasteiger partial charge in [0.15, 0.2) is 0 Å². The molecular formula is C13H14FNO2. The zero-order valence-corrected chi connectivity index (χ0v) is 9.65. The van der Waals surface area contributed by atoms with Crippen LogP contribution >= 0.6 is 0 Å². The molecule has 90 valence electrons. The summed E-state index contributed by atoms with van der Waals surface area (Å²) in [5.41, 5.74) is 0.0778. The second kappa shape index (κ2) is 4.65. The SMILES string of the molecule is CC1CN(C(=O)c2ccccc2F)CCC1=O. The van der Waals surface area contributed by atoms with Gasteiger partial charge in [0.2, 0.25) is 0 Å². The molecule has 0 radical (unpaired) electrons. The van der Waals surface area contributed by atoms with Crippen LogP contribution in [0.5, 0.6) is 0 Å². The van der Waals surface area contributed by atoms with Crippen LogP contribution in [0.1, 0.15) is 23.7 Å². The van der Waals surface area contributed by atoms with Crippen LogP contribution < -0.4 is 0 Å². The molecule has 2 rings (SSSR count). The number of hydrogen-bond acceptors (Lipinski definition) is 2. The van der Waals surface area contributed by atoms with Gasteiger partial charge in [-0.05, 0) is 12.1 Å². The molecule has 4 heteroatoms. The minimum absolute atomic E-state index is 0.0778. The zero-order valence-electron chi connectivity index (χ0n) is 9.65. The molecule has 1 unspecified atom stereocenters. The minimum Gasteiger partial charge on any atom is -0.337 e. The molecular weight excluding hydrogens is 221 g/mol. The van der Waals surface area contributed by atoms with E-state index in [1.807, 2.05) is 0 Å². The van der Waals surface area contributed by atoms with Crippen LogP contribution in [0.25, 0.3) is 0 Å². The molecule has 0 spiro atoms. The summed E-state index contributed by atoms with van der Waals surface area (Å²) < 4.78 is 13.5. The summed E-state index contributed by atoms with van der Waals surface area (Å²) in [6.45, 7) is 2.56. The maximum Gasteiger partial charge on any atom is 0.256 e. The average Bonchev–Trinajstić information content (AvgIpc) is 2.32. The van der Waals surface area contributed by atoms with Gasteiger partial charge in [0.1, 0.15) is 11.6 Å². The van der Waals surface area contributed by atoms with Crippen molar-refractivity contribution in [3.8, 4) is 0 Å². The molecule has 3 nitrogen and oxygen atoms in total. The fourth-order valence-electron chi connectivity index (χ4n) is 2.00. The predicted octanol–water partition coefficient (Wildman–Crippen LogP) is 1.88. The number of halogens is 1. The van der Waals surface area contributed by atoms with E-state index in [9.17, 15) is 14.0 Å². The van der Waals surface area contributed by atoms with Gasteiger partial charge in [-0.2, -0.15) is 0 Å². The van der Waals surface area contributed by atoms with Crippen molar-refractivity contribution < 1.29 is 14.0 Å². The topological polar surface area (TPSA) is 37.4 Å². The van der Waals surface area contributed by atoms with Crippen molar-refractivity contribution in [2.45, 2.75) is 13.3 Å². The van der Waals surface area contributed by atoms with Gasteiger partial charge in [-0.1, -0.05) is 19.1 Å². The van der Waals surface area contributed by atoms with Crippen molar-refractivity contribution in [2.75, 3.05) is 13.1 Å². The van der Waals surface area contributed by atoms with Crippen molar-refractivity contribution >= 4 is 11.7 Å². The summed E-state index contributed by atoms with van der Waals surface area (Å²) in [4.78, 5) is 24.9. The number of amides is 1.